The predicted molar refractivity (Wildman–Crippen MR) is 40.5 cm³/mol. The first-order valence-electron chi connectivity index (χ1n) is 3.73. The molecule has 0 radical (unpaired) electrons. The molecule has 0 aliphatic heterocycles. The Morgan fingerprint density at radius 1 is 1.64 bits per heavy atom. The minimum Gasteiger partial charge on any atom is -0.392 e. The SMILES string of the molecule is CCc1nn(C(C)C)c(=O)o1. The fourth-order valence-electron chi connectivity index (χ4n) is 0.798. The highest BCUT2D eigenvalue weighted by molar-refractivity contribution is 4.74. The second-order valence-corrected chi connectivity index (χ2v) is 2.65. The van der Waals surface area contributed by atoms with Gasteiger partial charge in [-0.1, -0.05) is 6.92 Å². The molecule has 0 aromatic carbocycles. The smallest absolute Gasteiger partial charge is 0.392 e. The van der Waals surface area contributed by atoms with Crippen molar-refractivity contribution in [3.63, 3.8) is 0 Å². The van der Waals surface area contributed by atoms with E-state index < -0.39 is 0 Å². The minimum absolute atomic E-state index is 0.0755. The van der Waals surface area contributed by atoms with Crippen LogP contribution in [0.2, 0.25) is 0 Å². The van der Waals surface area contributed by atoms with Gasteiger partial charge in [-0.25, -0.2) is 4.79 Å². The van der Waals surface area contributed by atoms with Gasteiger partial charge in [-0.15, -0.1) is 5.10 Å². The van der Waals surface area contributed by atoms with Crippen LogP contribution in [-0.2, 0) is 6.42 Å². The lowest BCUT2D eigenvalue weighted by Gasteiger charge is -1.98. The average molecular weight is 156 g/mol. The van der Waals surface area contributed by atoms with Gasteiger partial charge in [0.1, 0.15) is 0 Å². The maximum absolute atomic E-state index is 11.0. The molecule has 1 aromatic heterocycles. The molecule has 0 amide bonds. The van der Waals surface area contributed by atoms with E-state index in [1.165, 1.54) is 4.68 Å². The summed E-state index contributed by atoms with van der Waals surface area (Å²) in [5.74, 6) is 0.139. The average Bonchev–Trinajstić information content (AvgIpc) is 2.30. The van der Waals surface area contributed by atoms with Crippen LogP contribution in [0.15, 0.2) is 9.21 Å². The summed E-state index contributed by atoms with van der Waals surface area (Å²) in [6, 6.07) is 0.0755. The number of aryl methyl sites for hydroxylation is 1. The van der Waals surface area contributed by atoms with Gasteiger partial charge >= 0.3 is 5.76 Å². The van der Waals surface area contributed by atoms with Gasteiger partial charge in [0.05, 0.1) is 6.04 Å². The van der Waals surface area contributed by atoms with Gasteiger partial charge in [0, 0.05) is 6.42 Å². The molecule has 0 bridgehead atoms. The Kier molecular flexibility index (Phi) is 2.12. The molecule has 0 aliphatic carbocycles. The molecule has 0 fully saturated rings. The van der Waals surface area contributed by atoms with Crippen LogP contribution >= 0.6 is 0 Å². The van der Waals surface area contributed by atoms with Gasteiger partial charge < -0.3 is 4.42 Å². The molecule has 0 aliphatic rings. The Labute approximate surface area is 64.8 Å². The van der Waals surface area contributed by atoms with Crippen molar-refractivity contribution < 1.29 is 4.42 Å². The largest absolute Gasteiger partial charge is 0.437 e. The van der Waals surface area contributed by atoms with E-state index in [0.717, 1.165) is 0 Å². The van der Waals surface area contributed by atoms with E-state index in [2.05, 4.69) is 5.10 Å². The topological polar surface area (TPSA) is 48.0 Å². The fraction of sp³-hybridized carbons (Fsp3) is 0.714. The standard InChI is InChI=1S/C7H12N2O2/c1-4-6-8-9(5(2)3)7(10)11-6/h5H,4H2,1-3H3. The second-order valence-electron chi connectivity index (χ2n) is 2.65. The molecule has 1 aromatic rings. The lowest BCUT2D eigenvalue weighted by Crippen LogP contribution is -2.17. The highest BCUT2D eigenvalue weighted by Gasteiger charge is 2.07. The van der Waals surface area contributed by atoms with Crippen molar-refractivity contribution in [1.29, 1.82) is 0 Å². The number of hydrogen-bond acceptors (Lipinski definition) is 3. The Balaban J connectivity index is 3.07. The van der Waals surface area contributed by atoms with E-state index in [4.69, 9.17) is 4.42 Å². The third-order valence-electron chi connectivity index (χ3n) is 1.40. The summed E-state index contributed by atoms with van der Waals surface area (Å²) in [4.78, 5) is 11.0. The van der Waals surface area contributed by atoms with Gasteiger partial charge in [0.15, 0.2) is 0 Å². The van der Waals surface area contributed by atoms with Crippen LogP contribution in [0.25, 0.3) is 0 Å². The van der Waals surface area contributed by atoms with Gasteiger partial charge in [0.25, 0.3) is 0 Å². The number of rotatable bonds is 2. The normalized spacial score (nSPS) is 10.9. The molecule has 0 unspecified atom stereocenters. The molecular formula is C7H12N2O2. The van der Waals surface area contributed by atoms with Crippen molar-refractivity contribution in [2.75, 3.05) is 0 Å². The summed E-state index contributed by atoms with van der Waals surface area (Å²) in [5.41, 5.74) is 0. The van der Waals surface area contributed by atoms with Crippen molar-refractivity contribution in [3.05, 3.63) is 16.4 Å². The Hall–Kier alpha value is -1.06. The summed E-state index contributed by atoms with van der Waals surface area (Å²) >= 11 is 0. The molecule has 0 saturated carbocycles. The van der Waals surface area contributed by atoms with Gasteiger partial charge in [-0.3, -0.25) is 0 Å². The lowest BCUT2D eigenvalue weighted by atomic mass is 10.4. The number of aromatic nitrogens is 2. The lowest BCUT2D eigenvalue weighted by molar-refractivity contribution is 0.432. The Bertz CT molecular complexity index is 285. The van der Waals surface area contributed by atoms with Crippen LogP contribution in [0.5, 0.6) is 0 Å². The zero-order valence-electron chi connectivity index (χ0n) is 7.00. The third kappa shape index (κ3) is 1.50. The molecule has 0 atom stereocenters. The molecule has 4 heteroatoms. The molecule has 1 heterocycles. The first-order chi connectivity index (χ1) is 5.15. The van der Waals surface area contributed by atoms with Crippen LogP contribution in [-0.4, -0.2) is 9.78 Å². The molecular weight excluding hydrogens is 144 g/mol. The zero-order chi connectivity index (χ0) is 8.43. The van der Waals surface area contributed by atoms with Crippen molar-refractivity contribution in [2.45, 2.75) is 33.2 Å². The summed E-state index contributed by atoms with van der Waals surface area (Å²) in [7, 11) is 0. The third-order valence-corrected chi connectivity index (χ3v) is 1.40. The van der Waals surface area contributed by atoms with Gasteiger partial charge in [-0.2, -0.15) is 4.68 Å². The minimum atomic E-state index is -0.364. The van der Waals surface area contributed by atoms with Crippen LogP contribution in [0.4, 0.5) is 0 Å². The molecule has 0 saturated heterocycles. The Morgan fingerprint density at radius 3 is 2.55 bits per heavy atom. The Morgan fingerprint density at radius 2 is 2.27 bits per heavy atom. The van der Waals surface area contributed by atoms with E-state index in [1.807, 2.05) is 20.8 Å². The van der Waals surface area contributed by atoms with E-state index in [1.54, 1.807) is 0 Å². The summed E-state index contributed by atoms with van der Waals surface area (Å²) in [6.07, 6.45) is 0.662. The van der Waals surface area contributed by atoms with Crippen molar-refractivity contribution >= 4 is 0 Å². The maximum atomic E-state index is 11.0. The van der Waals surface area contributed by atoms with E-state index in [9.17, 15) is 4.79 Å². The molecule has 1 rings (SSSR count). The van der Waals surface area contributed by atoms with Crippen molar-refractivity contribution in [3.8, 4) is 0 Å². The first kappa shape index (κ1) is 8.04. The molecule has 0 N–H and O–H groups in total. The van der Waals surface area contributed by atoms with Crippen LogP contribution < -0.4 is 5.76 Å². The van der Waals surface area contributed by atoms with Crippen molar-refractivity contribution in [2.24, 2.45) is 0 Å². The predicted octanol–water partition coefficient (Wildman–Crippen LogP) is 0.980. The van der Waals surface area contributed by atoms with Gasteiger partial charge in [-0.05, 0) is 13.8 Å². The van der Waals surface area contributed by atoms with Crippen molar-refractivity contribution in [1.82, 2.24) is 9.78 Å². The summed E-state index contributed by atoms with van der Waals surface area (Å²) in [6.45, 7) is 5.68. The molecule has 4 nitrogen and oxygen atoms in total. The zero-order valence-corrected chi connectivity index (χ0v) is 7.00. The molecule has 0 spiro atoms. The number of nitrogens with zero attached hydrogens (tertiary/aromatic N) is 2. The fourth-order valence-corrected chi connectivity index (χ4v) is 0.798. The monoisotopic (exact) mass is 156 g/mol. The van der Waals surface area contributed by atoms with Crippen LogP contribution in [0, 0.1) is 0 Å². The van der Waals surface area contributed by atoms with E-state index >= 15 is 0 Å². The van der Waals surface area contributed by atoms with Gasteiger partial charge in [0.2, 0.25) is 5.89 Å². The molecule has 62 valence electrons. The molecule has 11 heavy (non-hydrogen) atoms. The van der Waals surface area contributed by atoms with Crippen LogP contribution in [0.1, 0.15) is 32.7 Å². The summed E-state index contributed by atoms with van der Waals surface area (Å²) < 4.78 is 6.17. The number of hydrogen-bond donors (Lipinski definition) is 0. The highest BCUT2D eigenvalue weighted by Crippen LogP contribution is 1.99. The highest BCUT2D eigenvalue weighted by atomic mass is 16.4. The van der Waals surface area contributed by atoms with E-state index in [-0.39, 0.29) is 11.8 Å². The first-order valence-corrected chi connectivity index (χ1v) is 3.73. The summed E-state index contributed by atoms with van der Waals surface area (Å²) in [5, 5.41) is 3.97. The van der Waals surface area contributed by atoms with Crippen LogP contribution in [0.3, 0.4) is 0 Å². The second kappa shape index (κ2) is 2.90. The maximum Gasteiger partial charge on any atom is 0.437 e. The van der Waals surface area contributed by atoms with E-state index in [0.29, 0.717) is 12.3 Å². The quantitative estimate of drug-likeness (QED) is 0.641.